The van der Waals surface area contributed by atoms with Crippen LogP contribution in [-0.4, -0.2) is 5.52 Å². The summed E-state index contributed by atoms with van der Waals surface area (Å²) < 4.78 is 0. The van der Waals surface area contributed by atoms with Crippen molar-refractivity contribution in [1.29, 1.82) is 0 Å². The molecule has 1 atom stereocenters. The summed E-state index contributed by atoms with van der Waals surface area (Å²) in [7, 11) is 0.217. The maximum absolute atomic E-state index is 11.8. The third-order valence-corrected chi connectivity index (χ3v) is 3.21. The Morgan fingerprint density at radius 2 is 1.33 bits per heavy atom. The Morgan fingerprint density at radius 1 is 0.800 bits per heavy atom. The summed E-state index contributed by atoms with van der Waals surface area (Å²) >= 11 is 0. The first kappa shape index (κ1) is 10.1. The highest BCUT2D eigenvalue weighted by molar-refractivity contribution is 7.66. The van der Waals surface area contributed by atoms with Crippen molar-refractivity contribution in [3.63, 3.8) is 0 Å². The monoisotopic (exact) mass is 214 g/mol. The molecule has 0 amide bonds. The zero-order chi connectivity index (χ0) is 10.5. The average molecular weight is 214 g/mol. The van der Waals surface area contributed by atoms with E-state index < -0.39 is 0 Å². The van der Waals surface area contributed by atoms with Crippen LogP contribution in [0.2, 0.25) is 0 Å². The van der Waals surface area contributed by atoms with Crippen molar-refractivity contribution in [2.45, 2.75) is 0 Å². The van der Waals surface area contributed by atoms with Gasteiger partial charge in [0.2, 0.25) is 0 Å². The van der Waals surface area contributed by atoms with Crippen molar-refractivity contribution in [2.24, 2.45) is 0 Å². The molecule has 0 aliphatic carbocycles. The molecule has 0 saturated carbocycles. The maximum Gasteiger partial charge on any atom is 0.185 e. The minimum absolute atomic E-state index is 0.196. The van der Waals surface area contributed by atoms with E-state index in [1.165, 1.54) is 0 Å². The highest BCUT2D eigenvalue weighted by atomic mass is 31.1. The summed E-state index contributed by atoms with van der Waals surface area (Å²) in [6, 6.07) is 19.3. The summed E-state index contributed by atoms with van der Waals surface area (Å²) in [6.45, 7) is 0. The number of hydrogen-bond acceptors (Lipinski definition) is 1. The molecule has 0 aromatic heterocycles. The zero-order valence-electron chi connectivity index (χ0n) is 8.18. The van der Waals surface area contributed by atoms with Crippen LogP contribution in [0.4, 0.5) is 0 Å². The highest BCUT2D eigenvalue weighted by Gasteiger charge is 2.04. The van der Waals surface area contributed by atoms with Crippen LogP contribution in [0.25, 0.3) is 0 Å². The van der Waals surface area contributed by atoms with Gasteiger partial charge >= 0.3 is 0 Å². The van der Waals surface area contributed by atoms with Gasteiger partial charge in [0.15, 0.2) is 5.52 Å². The summed E-state index contributed by atoms with van der Waals surface area (Å²) in [5.74, 6) is 0. The van der Waals surface area contributed by atoms with Gasteiger partial charge < -0.3 is 0 Å². The molecule has 0 saturated heterocycles. The lowest BCUT2D eigenvalue weighted by Gasteiger charge is -2.00. The fourth-order valence-electron chi connectivity index (χ4n) is 1.31. The van der Waals surface area contributed by atoms with Crippen molar-refractivity contribution < 1.29 is 4.79 Å². The second-order valence-corrected chi connectivity index (χ2v) is 4.47. The van der Waals surface area contributed by atoms with Gasteiger partial charge in [-0.2, -0.15) is 0 Å². The number of rotatable bonds is 3. The molecule has 0 N–H and O–H groups in total. The Balaban J connectivity index is 2.12. The molecule has 0 fully saturated rings. The lowest BCUT2D eigenvalue weighted by Crippen LogP contribution is -1.99. The van der Waals surface area contributed by atoms with E-state index in [2.05, 4.69) is 0 Å². The van der Waals surface area contributed by atoms with Crippen LogP contribution < -0.4 is 5.30 Å². The van der Waals surface area contributed by atoms with Crippen LogP contribution in [0.5, 0.6) is 0 Å². The first-order valence-electron chi connectivity index (χ1n) is 4.78. The van der Waals surface area contributed by atoms with E-state index in [4.69, 9.17) is 0 Å². The standard InChI is InChI=1S/C13H11OP/c14-13(11-7-3-1-4-8-11)15-12-9-5-2-6-10-12/h1-10,15H. The van der Waals surface area contributed by atoms with Crippen molar-refractivity contribution >= 4 is 19.4 Å². The van der Waals surface area contributed by atoms with E-state index in [1.54, 1.807) is 0 Å². The van der Waals surface area contributed by atoms with Gasteiger partial charge in [-0.25, -0.2) is 0 Å². The fourth-order valence-corrected chi connectivity index (χ4v) is 2.25. The summed E-state index contributed by atoms with van der Waals surface area (Å²) in [6.07, 6.45) is 0. The van der Waals surface area contributed by atoms with Crippen molar-refractivity contribution in [1.82, 2.24) is 0 Å². The highest BCUT2D eigenvalue weighted by Crippen LogP contribution is 2.17. The molecule has 2 aromatic carbocycles. The Hall–Kier alpha value is -1.46. The van der Waals surface area contributed by atoms with Crippen molar-refractivity contribution in [2.75, 3.05) is 0 Å². The molecule has 0 radical (unpaired) electrons. The van der Waals surface area contributed by atoms with Gasteiger partial charge in [0, 0.05) is 5.56 Å². The predicted molar refractivity (Wildman–Crippen MR) is 65.2 cm³/mol. The molecule has 1 unspecified atom stereocenters. The minimum atomic E-state index is 0.196. The molecule has 1 nitrogen and oxygen atoms in total. The van der Waals surface area contributed by atoms with E-state index >= 15 is 0 Å². The Bertz CT molecular complexity index is 437. The largest absolute Gasteiger partial charge is 0.289 e. The predicted octanol–water partition coefficient (Wildman–Crippen LogP) is 2.83. The Morgan fingerprint density at radius 3 is 1.93 bits per heavy atom. The molecule has 2 aromatic rings. The SMILES string of the molecule is O=C(Pc1ccccc1)c1ccccc1. The van der Waals surface area contributed by atoms with E-state index in [9.17, 15) is 4.79 Å². The molecule has 0 bridgehead atoms. The molecule has 2 heteroatoms. The first-order chi connectivity index (χ1) is 7.36. The third-order valence-electron chi connectivity index (χ3n) is 2.07. The fraction of sp³-hybridized carbons (Fsp3) is 0. The molecule has 0 aliphatic rings. The smallest absolute Gasteiger partial charge is 0.185 e. The van der Waals surface area contributed by atoms with Crippen LogP contribution in [0.3, 0.4) is 0 Å². The third kappa shape index (κ3) is 2.74. The molecule has 0 spiro atoms. The van der Waals surface area contributed by atoms with E-state index in [0.29, 0.717) is 0 Å². The summed E-state index contributed by atoms with van der Waals surface area (Å²) in [4.78, 5) is 11.8. The second kappa shape index (κ2) is 4.86. The summed E-state index contributed by atoms with van der Waals surface area (Å²) in [5.41, 5.74) is 0.987. The molecular formula is C13H11OP. The van der Waals surface area contributed by atoms with Gasteiger partial charge in [0.05, 0.1) is 0 Å². The topological polar surface area (TPSA) is 17.1 Å². The summed E-state index contributed by atoms with van der Waals surface area (Å²) in [5, 5.41) is 1.09. The van der Waals surface area contributed by atoms with Gasteiger partial charge in [-0.05, 0) is 13.9 Å². The molecule has 2 rings (SSSR count). The maximum atomic E-state index is 11.8. The molecule has 74 valence electrons. The average Bonchev–Trinajstić information content (AvgIpc) is 2.31. The lowest BCUT2D eigenvalue weighted by molar-refractivity contribution is 0.108. The van der Waals surface area contributed by atoms with E-state index in [1.807, 2.05) is 60.7 Å². The van der Waals surface area contributed by atoms with Gasteiger partial charge in [-0.15, -0.1) is 0 Å². The van der Waals surface area contributed by atoms with Crippen LogP contribution >= 0.6 is 8.58 Å². The van der Waals surface area contributed by atoms with Gasteiger partial charge in [0.1, 0.15) is 0 Å². The quantitative estimate of drug-likeness (QED) is 0.718. The minimum Gasteiger partial charge on any atom is -0.289 e. The molecule has 15 heavy (non-hydrogen) atoms. The zero-order valence-corrected chi connectivity index (χ0v) is 9.18. The normalized spacial score (nSPS) is 10.7. The van der Waals surface area contributed by atoms with E-state index in [0.717, 1.165) is 10.9 Å². The number of benzene rings is 2. The van der Waals surface area contributed by atoms with E-state index in [-0.39, 0.29) is 14.1 Å². The lowest BCUT2D eigenvalue weighted by atomic mass is 10.2. The van der Waals surface area contributed by atoms with Gasteiger partial charge in [-0.1, -0.05) is 60.7 Å². The van der Waals surface area contributed by atoms with Crippen LogP contribution in [0, 0.1) is 0 Å². The van der Waals surface area contributed by atoms with Crippen LogP contribution in [0.15, 0.2) is 60.7 Å². The number of hydrogen-bond donors (Lipinski definition) is 0. The Labute approximate surface area is 90.9 Å². The van der Waals surface area contributed by atoms with Crippen molar-refractivity contribution in [3.05, 3.63) is 66.2 Å². The first-order valence-corrected chi connectivity index (χ1v) is 5.78. The van der Waals surface area contributed by atoms with Crippen molar-refractivity contribution in [3.8, 4) is 0 Å². The van der Waals surface area contributed by atoms with Crippen LogP contribution in [-0.2, 0) is 0 Å². The number of carbonyl (C=O) groups excluding carboxylic acids is 1. The second-order valence-electron chi connectivity index (χ2n) is 3.19. The molecule has 0 aliphatic heterocycles. The Kier molecular flexibility index (Phi) is 3.26. The van der Waals surface area contributed by atoms with Crippen LogP contribution in [0.1, 0.15) is 10.4 Å². The number of carbonyl (C=O) groups is 1. The molecule has 0 heterocycles. The molecular weight excluding hydrogens is 203 g/mol. The van der Waals surface area contributed by atoms with Gasteiger partial charge in [0.25, 0.3) is 0 Å². The van der Waals surface area contributed by atoms with Gasteiger partial charge in [-0.3, -0.25) is 4.79 Å².